The van der Waals surface area contributed by atoms with Gasteiger partial charge in [-0.25, -0.2) is 0 Å². The number of aromatic amines is 1. The van der Waals surface area contributed by atoms with Crippen LogP contribution in [0.15, 0.2) is 29.1 Å². The van der Waals surface area contributed by atoms with Crippen LogP contribution in [0, 0.1) is 13.8 Å². The van der Waals surface area contributed by atoms with E-state index in [1.54, 1.807) is 6.07 Å². The highest BCUT2D eigenvalue weighted by Gasteiger charge is 2.22. The fourth-order valence-corrected chi connectivity index (χ4v) is 2.89. The Labute approximate surface area is 133 Å². The number of rotatable bonds is 2. The third kappa shape index (κ3) is 2.95. The summed E-state index contributed by atoms with van der Waals surface area (Å²) in [6, 6.07) is 7.08. The Morgan fingerprint density at radius 3 is 2.65 bits per heavy atom. The third-order valence-corrected chi connectivity index (χ3v) is 4.13. The van der Waals surface area contributed by atoms with Crippen LogP contribution in [-0.4, -0.2) is 16.7 Å². The minimum Gasteiger partial charge on any atom is -0.325 e. The van der Waals surface area contributed by atoms with Crippen molar-refractivity contribution < 1.29 is 9.59 Å². The van der Waals surface area contributed by atoms with Crippen LogP contribution >= 0.6 is 0 Å². The molecule has 1 aromatic carbocycles. The summed E-state index contributed by atoms with van der Waals surface area (Å²) in [7, 11) is 0. The minimum absolute atomic E-state index is 0.0249. The number of aromatic nitrogens is 1. The molecule has 0 unspecified atom stereocenters. The largest absolute Gasteiger partial charge is 0.325 e. The number of hydrogen-bond acceptors (Lipinski definition) is 3. The van der Waals surface area contributed by atoms with Gasteiger partial charge < -0.3 is 10.3 Å². The number of fused-ring (bicyclic) bond motifs is 1. The zero-order valence-corrected chi connectivity index (χ0v) is 13.2. The SMILES string of the molecule is Cc1ccc(NC(=O)c2cc3c([nH]c2=O)CCCC3=O)c(C)c1. The van der Waals surface area contributed by atoms with Crippen LogP contribution in [0.2, 0.25) is 0 Å². The monoisotopic (exact) mass is 310 g/mol. The Kier molecular flexibility index (Phi) is 3.86. The van der Waals surface area contributed by atoms with Gasteiger partial charge in [-0.1, -0.05) is 17.7 Å². The average Bonchev–Trinajstić information content (AvgIpc) is 2.49. The molecule has 0 saturated carbocycles. The number of H-pyrrole nitrogens is 1. The first-order valence-electron chi connectivity index (χ1n) is 7.63. The van der Waals surface area contributed by atoms with Crippen LogP contribution in [-0.2, 0) is 6.42 Å². The summed E-state index contributed by atoms with van der Waals surface area (Å²) < 4.78 is 0. The number of carbonyl (C=O) groups excluding carboxylic acids is 2. The van der Waals surface area contributed by atoms with Crippen LogP contribution in [0.4, 0.5) is 5.69 Å². The Hall–Kier alpha value is -2.69. The van der Waals surface area contributed by atoms with Gasteiger partial charge in [0.15, 0.2) is 5.78 Å². The van der Waals surface area contributed by atoms with Crippen molar-refractivity contribution in [3.8, 4) is 0 Å². The molecule has 0 aliphatic heterocycles. The minimum atomic E-state index is -0.501. The average molecular weight is 310 g/mol. The summed E-state index contributed by atoms with van der Waals surface area (Å²) in [6.07, 6.45) is 1.85. The van der Waals surface area contributed by atoms with Crippen LogP contribution in [0.3, 0.4) is 0 Å². The molecule has 1 aromatic heterocycles. The highest BCUT2D eigenvalue weighted by molar-refractivity contribution is 6.06. The number of anilines is 1. The summed E-state index contributed by atoms with van der Waals surface area (Å²) in [5.41, 5.74) is 3.28. The normalized spacial score (nSPS) is 13.6. The predicted octanol–water partition coefficient (Wildman–Crippen LogP) is 2.76. The number of carbonyl (C=O) groups is 2. The first-order chi connectivity index (χ1) is 11.0. The zero-order chi connectivity index (χ0) is 16.6. The molecule has 0 saturated heterocycles. The van der Waals surface area contributed by atoms with E-state index in [9.17, 15) is 14.4 Å². The smallest absolute Gasteiger partial charge is 0.261 e. The van der Waals surface area contributed by atoms with E-state index in [4.69, 9.17) is 0 Å². The van der Waals surface area contributed by atoms with Crippen molar-refractivity contribution in [1.29, 1.82) is 0 Å². The standard InChI is InChI=1S/C18H18N2O3/c1-10-6-7-14(11(2)8-10)19-17(22)13-9-12-15(20-18(13)23)4-3-5-16(12)21/h6-9H,3-5H2,1-2H3,(H,19,22)(H,20,23). The van der Waals surface area contributed by atoms with Gasteiger partial charge in [0.25, 0.3) is 11.5 Å². The molecule has 5 heteroatoms. The molecule has 2 aromatic rings. The van der Waals surface area contributed by atoms with Gasteiger partial charge in [0.1, 0.15) is 5.56 Å². The van der Waals surface area contributed by atoms with Gasteiger partial charge in [-0.2, -0.15) is 0 Å². The number of ketones is 1. The van der Waals surface area contributed by atoms with Crippen molar-refractivity contribution in [3.05, 3.63) is 62.6 Å². The molecular formula is C18H18N2O3. The summed E-state index contributed by atoms with van der Waals surface area (Å²) in [5, 5.41) is 2.75. The number of benzene rings is 1. The summed E-state index contributed by atoms with van der Waals surface area (Å²) in [6.45, 7) is 3.86. The number of amides is 1. The predicted molar refractivity (Wildman–Crippen MR) is 88.2 cm³/mol. The van der Waals surface area contributed by atoms with Crippen molar-refractivity contribution in [2.45, 2.75) is 33.1 Å². The third-order valence-electron chi connectivity index (χ3n) is 4.13. The lowest BCUT2D eigenvalue weighted by Crippen LogP contribution is -2.27. The second-order valence-electron chi connectivity index (χ2n) is 5.95. The molecule has 2 N–H and O–H groups in total. The number of Topliss-reactive ketones (excluding diaryl/α,β-unsaturated/α-hetero) is 1. The maximum absolute atomic E-state index is 12.4. The molecule has 3 rings (SSSR count). The maximum atomic E-state index is 12.4. The van der Waals surface area contributed by atoms with E-state index in [0.717, 1.165) is 17.5 Å². The van der Waals surface area contributed by atoms with Crippen LogP contribution < -0.4 is 10.9 Å². The molecule has 0 fully saturated rings. The Morgan fingerprint density at radius 2 is 1.91 bits per heavy atom. The lowest BCUT2D eigenvalue weighted by atomic mass is 9.93. The molecule has 0 bridgehead atoms. The van der Waals surface area contributed by atoms with Gasteiger partial charge in [-0.05, 0) is 44.4 Å². The van der Waals surface area contributed by atoms with Crippen molar-refractivity contribution in [3.63, 3.8) is 0 Å². The number of aryl methyl sites for hydroxylation is 3. The fourth-order valence-electron chi connectivity index (χ4n) is 2.89. The van der Waals surface area contributed by atoms with Gasteiger partial charge >= 0.3 is 0 Å². The van der Waals surface area contributed by atoms with E-state index in [1.807, 2.05) is 26.0 Å². The molecule has 5 nitrogen and oxygen atoms in total. The highest BCUT2D eigenvalue weighted by atomic mass is 16.2. The molecule has 0 radical (unpaired) electrons. The molecule has 0 spiro atoms. The lowest BCUT2D eigenvalue weighted by molar-refractivity contribution is 0.0971. The molecule has 23 heavy (non-hydrogen) atoms. The lowest BCUT2D eigenvalue weighted by Gasteiger charge is -2.15. The molecule has 0 atom stereocenters. The molecule has 1 amide bonds. The fraction of sp³-hybridized carbons (Fsp3) is 0.278. The Bertz CT molecular complexity index is 865. The van der Waals surface area contributed by atoms with E-state index >= 15 is 0 Å². The Morgan fingerprint density at radius 1 is 1.13 bits per heavy atom. The maximum Gasteiger partial charge on any atom is 0.261 e. The molecule has 1 aliphatic carbocycles. The van der Waals surface area contributed by atoms with Gasteiger partial charge in [0.2, 0.25) is 0 Å². The Balaban J connectivity index is 1.95. The number of hydrogen-bond donors (Lipinski definition) is 2. The first-order valence-corrected chi connectivity index (χ1v) is 7.63. The second-order valence-corrected chi connectivity index (χ2v) is 5.95. The highest BCUT2D eigenvalue weighted by Crippen LogP contribution is 2.20. The van der Waals surface area contributed by atoms with E-state index in [0.29, 0.717) is 29.8 Å². The van der Waals surface area contributed by atoms with E-state index < -0.39 is 11.5 Å². The van der Waals surface area contributed by atoms with Crippen molar-refractivity contribution in [2.24, 2.45) is 0 Å². The van der Waals surface area contributed by atoms with Crippen molar-refractivity contribution in [1.82, 2.24) is 4.98 Å². The molecule has 1 heterocycles. The summed E-state index contributed by atoms with van der Waals surface area (Å²) in [4.78, 5) is 39.2. The molecule has 118 valence electrons. The van der Waals surface area contributed by atoms with E-state index in [-0.39, 0.29) is 11.3 Å². The van der Waals surface area contributed by atoms with Gasteiger partial charge in [-0.3, -0.25) is 14.4 Å². The van der Waals surface area contributed by atoms with Gasteiger partial charge in [0, 0.05) is 23.4 Å². The summed E-state index contributed by atoms with van der Waals surface area (Å²) in [5.74, 6) is -0.526. The second kappa shape index (κ2) is 5.83. The summed E-state index contributed by atoms with van der Waals surface area (Å²) >= 11 is 0. The molecule has 1 aliphatic rings. The molecular weight excluding hydrogens is 292 g/mol. The van der Waals surface area contributed by atoms with Gasteiger partial charge in [0.05, 0.1) is 0 Å². The first kappa shape index (κ1) is 15.2. The van der Waals surface area contributed by atoms with Crippen LogP contribution in [0.5, 0.6) is 0 Å². The van der Waals surface area contributed by atoms with Crippen molar-refractivity contribution >= 4 is 17.4 Å². The van der Waals surface area contributed by atoms with Crippen LogP contribution in [0.1, 0.15) is 50.4 Å². The van der Waals surface area contributed by atoms with Gasteiger partial charge in [-0.15, -0.1) is 0 Å². The zero-order valence-electron chi connectivity index (χ0n) is 13.2. The number of nitrogens with one attached hydrogen (secondary N) is 2. The number of pyridine rings is 1. The van der Waals surface area contributed by atoms with E-state index in [1.165, 1.54) is 6.07 Å². The topological polar surface area (TPSA) is 79.0 Å². The van der Waals surface area contributed by atoms with Crippen LogP contribution in [0.25, 0.3) is 0 Å². The van der Waals surface area contributed by atoms with Crippen molar-refractivity contribution in [2.75, 3.05) is 5.32 Å². The quantitative estimate of drug-likeness (QED) is 0.895. The van der Waals surface area contributed by atoms with E-state index in [2.05, 4.69) is 10.3 Å².